The minimum absolute atomic E-state index is 0.116. The number of para-hydroxylation sites is 1. The van der Waals surface area contributed by atoms with Crippen LogP contribution in [0, 0.1) is 6.92 Å². The van der Waals surface area contributed by atoms with Gasteiger partial charge in [0.25, 0.3) is 5.91 Å². The Labute approximate surface area is 186 Å². The summed E-state index contributed by atoms with van der Waals surface area (Å²) in [7, 11) is 0. The van der Waals surface area contributed by atoms with Gasteiger partial charge in [-0.15, -0.1) is 0 Å². The number of halogens is 1. The monoisotopic (exact) mass is 437 g/mol. The minimum Gasteiger partial charge on any atom is -0.335 e. The number of amides is 3. The van der Waals surface area contributed by atoms with E-state index in [0.717, 1.165) is 11.4 Å². The Kier molecular flexibility index (Phi) is 6.23. The number of benzene rings is 2. The summed E-state index contributed by atoms with van der Waals surface area (Å²) in [6.45, 7) is 4.00. The Morgan fingerprint density at radius 3 is 2.45 bits per heavy atom. The highest BCUT2D eigenvalue weighted by molar-refractivity contribution is 6.30. The highest BCUT2D eigenvalue weighted by atomic mass is 35.5. The molecule has 1 aromatic heterocycles. The summed E-state index contributed by atoms with van der Waals surface area (Å²) in [6.07, 6.45) is 0.701. The number of nitrogens with zero attached hydrogens (tertiary/aromatic N) is 4. The van der Waals surface area contributed by atoms with Gasteiger partial charge in [0.05, 0.1) is 5.69 Å². The average Bonchev–Trinajstić information content (AvgIpc) is 2.99. The van der Waals surface area contributed by atoms with Crippen molar-refractivity contribution in [2.45, 2.75) is 13.3 Å². The molecule has 1 aliphatic rings. The van der Waals surface area contributed by atoms with E-state index in [2.05, 4.69) is 10.4 Å². The first-order valence-electron chi connectivity index (χ1n) is 10.2. The van der Waals surface area contributed by atoms with Crippen molar-refractivity contribution in [2.24, 2.45) is 0 Å². The van der Waals surface area contributed by atoms with Crippen LogP contribution in [0.2, 0.25) is 5.02 Å². The quantitative estimate of drug-likeness (QED) is 0.667. The van der Waals surface area contributed by atoms with Crippen molar-refractivity contribution in [3.8, 4) is 5.69 Å². The van der Waals surface area contributed by atoms with Crippen LogP contribution < -0.4 is 5.32 Å². The second kappa shape index (κ2) is 9.22. The van der Waals surface area contributed by atoms with Gasteiger partial charge >= 0.3 is 6.03 Å². The normalized spacial score (nSPS) is 14.3. The lowest BCUT2D eigenvalue weighted by molar-refractivity contribution is 0.0756. The molecule has 160 valence electrons. The molecule has 0 radical (unpaired) electrons. The Morgan fingerprint density at radius 1 is 0.935 bits per heavy atom. The summed E-state index contributed by atoms with van der Waals surface area (Å²) < 4.78 is 1.77. The van der Waals surface area contributed by atoms with Crippen molar-refractivity contribution in [1.29, 1.82) is 0 Å². The van der Waals surface area contributed by atoms with Gasteiger partial charge in [0, 0.05) is 42.6 Å². The van der Waals surface area contributed by atoms with Crippen molar-refractivity contribution in [1.82, 2.24) is 19.6 Å². The van der Waals surface area contributed by atoms with Crippen LogP contribution in [0.5, 0.6) is 0 Å². The molecule has 3 aromatic rings. The zero-order valence-corrected chi connectivity index (χ0v) is 18.0. The number of nitrogens with one attached hydrogen (secondary N) is 1. The second-order valence-corrected chi connectivity index (χ2v) is 7.93. The van der Waals surface area contributed by atoms with Crippen LogP contribution in [0.1, 0.15) is 22.6 Å². The van der Waals surface area contributed by atoms with Gasteiger partial charge in [0.1, 0.15) is 0 Å². The Morgan fingerprint density at radius 2 is 1.68 bits per heavy atom. The van der Waals surface area contributed by atoms with Gasteiger partial charge in [-0.2, -0.15) is 5.10 Å². The fraction of sp³-hybridized carbons (Fsp3) is 0.261. The lowest BCUT2D eigenvalue weighted by Gasteiger charge is -2.22. The van der Waals surface area contributed by atoms with Crippen LogP contribution in [-0.4, -0.2) is 57.7 Å². The third-order valence-corrected chi connectivity index (χ3v) is 5.49. The Balaban J connectivity index is 1.40. The fourth-order valence-corrected chi connectivity index (χ4v) is 3.85. The van der Waals surface area contributed by atoms with Crippen LogP contribution in [0.4, 0.5) is 10.5 Å². The number of rotatable bonds is 3. The van der Waals surface area contributed by atoms with E-state index in [1.807, 2.05) is 43.3 Å². The molecule has 0 atom stereocenters. The molecule has 1 aliphatic heterocycles. The van der Waals surface area contributed by atoms with Crippen molar-refractivity contribution in [3.63, 3.8) is 0 Å². The summed E-state index contributed by atoms with van der Waals surface area (Å²) >= 11 is 5.99. The van der Waals surface area contributed by atoms with Gasteiger partial charge in [0.15, 0.2) is 5.69 Å². The van der Waals surface area contributed by atoms with Crippen molar-refractivity contribution >= 4 is 29.2 Å². The molecule has 0 bridgehead atoms. The summed E-state index contributed by atoms with van der Waals surface area (Å²) in [5.41, 5.74) is 2.88. The van der Waals surface area contributed by atoms with Crippen LogP contribution in [0.3, 0.4) is 0 Å². The second-order valence-electron chi connectivity index (χ2n) is 7.49. The molecular weight excluding hydrogens is 414 g/mol. The molecule has 2 heterocycles. The summed E-state index contributed by atoms with van der Waals surface area (Å²) in [5, 5.41) is 7.96. The molecule has 2 aromatic carbocycles. The van der Waals surface area contributed by atoms with Gasteiger partial charge in [-0.05, 0) is 49.7 Å². The molecule has 1 saturated heterocycles. The van der Waals surface area contributed by atoms with E-state index in [9.17, 15) is 9.59 Å². The topological polar surface area (TPSA) is 70.5 Å². The van der Waals surface area contributed by atoms with Gasteiger partial charge in [0.2, 0.25) is 0 Å². The molecule has 1 fully saturated rings. The molecule has 0 aliphatic carbocycles. The molecule has 0 spiro atoms. The Hall–Kier alpha value is -3.32. The van der Waals surface area contributed by atoms with Crippen molar-refractivity contribution in [2.75, 3.05) is 31.5 Å². The largest absolute Gasteiger partial charge is 0.335 e. The standard InChI is InChI=1S/C23H24ClN5O2/c1-17-15-21(26-29(17)20-9-3-2-4-10-20)22(30)27-11-6-12-28(14-13-27)23(31)25-19-8-5-7-18(24)16-19/h2-5,7-10,15-16H,6,11-14H2,1H3,(H,25,31). The first kappa shape index (κ1) is 20.9. The molecule has 1 N–H and O–H groups in total. The SMILES string of the molecule is Cc1cc(C(=O)N2CCCN(C(=O)Nc3cccc(Cl)c3)CC2)nn1-c1ccccc1. The van der Waals surface area contributed by atoms with E-state index in [-0.39, 0.29) is 11.9 Å². The molecular formula is C23H24ClN5O2. The maximum absolute atomic E-state index is 13.1. The van der Waals surface area contributed by atoms with Crippen LogP contribution >= 0.6 is 11.6 Å². The van der Waals surface area contributed by atoms with Crippen LogP contribution in [0.15, 0.2) is 60.7 Å². The van der Waals surface area contributed by atoms with Gasteiger partial charge < -0.3 is 15.1 Å². The molecule has 7 nitrogen and oxygen atoms in total. The highest BCUT2D eigenvalue weighted by Gasteiger charge is 2.25. The van der Waals surface area contributed by atoms with E-state index < -0.39 is 0 Å². The lowest BCUT2D eigenvalue weighted by Crippen LogP contribution is -2.39. The number of aryl methyl sites for hydroxylation is 1. The number of hydrogen-bond acceptors (Lipinski definition) is 3. The zero-order valence-electron chi connectivity index (χ0n) is 17.3. The van der Waals surface area contributed by atoms with Gasteiger partial charge in [-0.1, -0.05) is 35.9 Å². The smallest absolute Gasteiger partial charge is 0.321 e. The first-order chi connectivity index (χ1) is 15.0. The Bertz CT molecular complexity index is 1080. The third kappa shape index (κ3) is 4.88. The summed E-state index contributed by atoms with van der Waals surface area (Å²) in [4.78, 5) is 29.2. The minimum atomic E-state index is -0.194. The van der Waals surface area contributed by atoms with Crippen molar-refractivity contribution in [3.05, 3.63) is 77.1 Å². The van der Waals surface area contributed by atoms with E-state index >= 15 is 0 Å². The first-order valence-corrected chi connectivity index (χ1v) is 10.6. The van der Waals surface area contributed by atoms with E-state index in [0.29, 0.717) is 49.0 Å². The predicted molar refractivity (Wildman–Crippen MR) is 121 cm³/mol. The average molecular weight is 438 g/mol. The molecule has 31 heavy (non-hydrogen) atoms. The van der Waals surface area contributed by atoms with Gasteiger partial charge in [-0.3, -0.25) is 4.79 Å². The van der Waals surface area contributed by atoms with Crippen molar-refractivity contribution < 1.29 is 9.59 Å². The number of carbonyl (C=O) groups excluding carboxylic acids is 2. The highest BCUT2D eigenvalue weighted by Crippen LogP contribution is 2.17. The molecule has 3 amide bonds. The molecule has 8 heteroatoms. The van der Waals surface area contributed by atoms with Crippen LogP contribution in [-0.2, 0) is 0 Å². The number of urea groups is 1. The number of anilines is 1. The van der Waals surface area contributed by atoms with Crippen LogP contribution in [0.25, 0.3) is 5.69 Å². The number of hydrogen-bond donors (Lipinski definition) is 1. The molecule has 0 saturated carbocycles. The third-order valence-electron chi connectivity index (χ3n) is 5.25. The maximum atomic E-state index is 13.1. The lowest BCUT2D eigenvalue weighted by atomic mass is 10.3. The molecule has 0 unspecified atom stereocenters. The maximum Gasteiger partial charge on any atom is 0.321 e. The summed E-state index contributed by atoms with van der Waals surface area (Å²) in [6, 6.07) is 18.4. The van der Waals surface area contributed by atoms with E-state index in [1.54, 1.807) is 38.7 Å². The molecule has 4 rings (SSSR count). The van der Waals surface area contributed by atoms with E-state index in [4.69, 9.17) is 11.6 Å². The van der Waals surface area contributed by atoms with Gasteiger partial charge in [-0.25, -0.2) is 9.48 Å². The zero-order chi connectivity index (χ0) is 21.8. The predicted octanol–water partition coefficient (Wildman–Crippen LogP) is 4.21. The number of aromatic nitrogens is 2. The van der Waals surface area contributed by atoms with E-state index in [1.165, 1.54) is 0 Å². The summed E-state index contributed by atoms with van der Waals surface area (Å²) in [5.74, 6) is -0.116. The fourth-order valence-electron chi connectivity index (χ4n) is 3.66. The number of carbonyl (C=O) groups is 2.